The number of hydrogen-bond acceptors (Lipinski definition) is 3. The van der Waals surface area contributed by atoms with Crippen LogP contribution in [-0.2, 0) is 0 Å². The predicted octanol–water partition coefficient (Wildman–Crippen LogP) is 5.12. The molecule has 0 saturated heterocycles. The van der Waals surface area contributed by atoms with Crippen LogP contribution in [-0.4, -0.2) is 12.4 Å². The lowest BCUT2D eigenvalue weighted by Crippen LogP contribution is -1.99. The van der Waals surface area contributed by atoms with Crippen molar-refractivity contribution in [2.24, 2.45) is 0 Å². The van der Waals surface area contributed by atoms with Gasteiger partial charge in [0.25, 0.3) is 0 Å². The first-order valence-electron chi connectivity index (χ1n) is 8.06. The molecule has 0 aliphatic carbocycles. The van der Waals surface area contributed by atoms with Crippen molar-refractivity contribution in [2.45, 2.75) is 26.7 Å². The number of ketones is 1. The second-order valence-corrected chi connectivity index (χ2v) is 5.53. The highest BCUT2D eigenvalue weighted by Crippen LogP contribution is 2.16. The third-order valence-corrected chi connectivity index (χ3v) is 3.57. The monoisotopic (exact) mass is 327 g/mol. The molecule has 24 heavy (non-hydrogen) atoms. The Morgan fingerprint density at radius 1 is 1.21 bits per heavy atom. The number of halogens is 1. The minimum Gasteiger partial charge on any atom is -0.494 e. The van der Waals surface area contributed by atoms with Crippen molar-refractivity contribution in [3.8, 4) is 5.75 Å². The van der Waals surface area contributed by atoms with Gasteiger partial charge < -0.3 is 10.1 Å². The van der Waals surface area contributed by atoms with Gasteiger partial charge in [-0.25, -0.2) is 4.39 Å². The van der Waals surface area contributed by atoms with Crippen LogP contribution in [0.5, 0.6) is 5.75 Å². The molecule has 2 aromatic rings. The average molecular weight is 327 g/mol. The van der Waals surface area contributed by atoms with Gasteiger partial charge in [0.2, 0.25) is 0 Å². The van der Waals surface area contributed by atoms with Crippen molar-refractivity contribution in [3.05, 3.63) is 71.7 Å². The summed E-state index contributed by atoms with van der Waals surface area (Å²) in [7, 11) is 0. The lowest BCUT2D eigenvalue weighted by molar-refractivity contribution is 0.104. The van der Waals surface area contributed by atoms with E-state index in [-0.39, 0.29) is 11.6 Å². The van der Waals surface area contributed by atoms with Gasteiger partial charge in [0.1, 0.15) is 11.6 Å². The summed E-state index contributed by atoms with van der Waals surface area (Å²) in [6.45, 7) is 4.60. The Labute approximate surface area is 142 Å². The van der Waals surface area contributed by atoms with Crippen molar-refractivity contribution in [3.63, 3.8) is 0 Å². The molecule has 0 radical (unpaired) electrons. The Morgan fingerprint density at radius 3 is 2.62 bits per heavy atom. The maximum Gasteiger partial charge on any atom is 0.187 e. The predicted molar refractivity (Wildman–Crippen MR) is 95.1 cm³/mol. The number of aryl methyl sites for hydroxylation is 1. The molecular weight excluding hydrogens is 305 g/mol. The van der Waals surface area contributed by atoms with Crippen LogP contribution in [0, 0.1) is 12.7 Å². The molecule has 4 heteroatoms. The van der Waals surface area contributed by atoms with Crippen LogP contribution >= 0.6 is 0 Å². The first kappa shape index (κ1) is 17.7. The Bertz CT molecular complexity index is 708. The van der Waals surface area contributed by atoms with Gasteiger partial charge in [-0.15, -0.1) is 0 Å². The summed E-state index contributed by atoms with van der Waals surface area (Å²) in [4.78, 5) is 12.1. The third-order valence-electron chi connectivity index (χ3n) is 3.57. The average Bonchev–Trinajstić information content (AvgIpc) is 2.57. The Kier molecular flexibility index (Phi) is 6.55. The van der Waals surface area contributed by atoms with Crippen LogP contribution in [0.4, 0.5) is 10.1 Å². The second kappa shape index (κ2) is 8.87. The molecular formula is C20H22FNO2. The van der Waals surface area contributed by atoms with E-state index in [1.165, 1.54) is 18.2 Å². The fourth-order valence-corrected chi connectivity index (χ4v) is 2.14. The van der Waals surface area contributed by atoms with Gasteiger partial charge in [-0.1, -0.05) is 13.3 Å². The molecule has 0 saturated carbocycles. The van der Waals surface area contributed by atoms with Gasteiger partial charge in [-0.3, -0.25) is 4.79 Å². The molecule has 0 heterocycles. The summed E-state index contributed by atoms with van der Waals surface area (Å²) in [5.74, 6) is 0.380. The Hall–Kier alpha value is -2.62. The van der Waals surface area contributed by atoms with Gasteiger partial charge >= 0.3 is 0 Å². The molecule has 2 rings (SSSR count). The van der Waals surface area contributed by atoms with E-state index in [1.807, 2.05) is 0 Å². The molecule has 0 unspecified atom stereocenters. The molecule has 0 amide bonds. The highest BCUT2D eigenvalue weighted by molar-refractivity contribution is 6.04. The largest absolute Gasteiger partial charge is 0.494 e. The molecule has 0 bridgehead atoms. The van der Waals surface area contributed by atoms with E-state index < -0.39 is 0 Å². The SMILES string of the molecule is CCCCOc1ccc(C(=O)/C=C/Nc2ccc(F)cc2C)cc1. The zero-order chi connectivity index (χ0) is 17.4. The van der Waals surface area contributed by atoms with Crippen LogP contribution in [0.3, 0.4) is 0 Å². The van der Waals surface area contributed by atoms with Gasteiger partial charge in [0.15, 0.2) is 5.78 Å². The van der Waals surface area contributed by atoms with Gasteiger partial charge in [-0.2, -0.15) is 0 Å². The molecule has 0 spiro atoms. The summed E-state index contributed by atoms with van der Waals surface area (Å²) < 4.78 is 18.6. The van der Waals surface area contributed by atoms with E-state index in [0.29, 0.717) is 12.2 Å². The number of benzene rings is 2. The third kappa shape index (κ3) is 5.23. The summed E-state index contributed by atoms with van der Waals surface area (Å²) in [5.41, 5.74) is 2.13. The zero-order valence-corrected chi connectivity index (χ0v) is 14.0. The lowest BCUT2D eigenvalue weighted by Gasteiger charge is -2.06. The molecule has 0 aromatic heterocycles. The Balaban J connectivity index is 1.91. The number of allylic oxidation sites excluding steroid dienone is 1. The first-order chi connectivity index (χ1) is 11.6. The van der Waals surface area contributed by atoms with E-state index in [2.05, 4.69) is 12.2 Å². The second-order valence-electron chi connectivity index (χ2n) is 5.53. The van der Waals surface area contributed by atoms with Crippen LogP contribution in [0.1, 0.15) is 35.7 Å². The molecule has 3 nitrogen and oxygen atoms in total. The quantitative estimate of drug-likeness (QED) is 0.415. The van der Waals surface area contributed by atoms with Gasteiger partial charge in [0.05, 0.1) is 6.61 Å². The van der Waals surface area contributed by atoms with Crippen molar-refractivity contribution in [1.29, 1.82) is 0 Å². The number of ether oxygens (including phenoxy) is 1. The Morgan fingerprint density at radius 2 is 1.96 bits per heavy atom. The van der Waals surface area contributed by atoms with Crippen LogP contribution in [0.15, 0.2) is 54.7 Å². The minimum absolute atomic E-state index is 0.109. The van der Waals surface area contributed by atoms with Crippen molar-refractivity contribution >= 4 is 11.5 Å². The smallest absolute Gasteiger partial charge is 0.187 e. The van der Waals surface area contributed by atoms with Crippen LogP contribution in [0.2, 0.25) is 0 Å². The number of carbonyl (C=O) groups is 1. The number of hydrogen-bond donors (Lipinski definition) is 1. The molecule has 0 fully saturated rings. The van der Waals surface area contributed by atoms with E-state index in [9.17, 15) is 9.18 Å². The van der Waals surface area contributed by atoms with Crippen LogP contribution < -0.4 is 10.1 Å². The number of anilines is 1. The minimum atomic E-state index is -0.278. The van der Waals surface area contributed by atoms with E-state index in [4.69, 9.17) is 4.74 Å². The summed E-state index contributed by atoms with van der Waals surface area (Å²) >= 11 is 0. The topological polar surface area (TPSA) is 38.3 Å². The molecule has 126 valence electrons. The van der Waals surface area contributed by atoms with E-state index in [1.54, 1.807) is 43.5 Å². The number of unbranched alkanes of at least 4 members (excludes halogenated alkanes) is 1. The lowest BCUT2D eigenvalue weighted by atomic mass is 10.1. The van der Waals surface area contributed by atoms with E-state index in [0.717, 1.165) is 29.8 Å². The molecule has 0 aliphatic rings. The maximum absolute atomic E-state index is 13.0. The van der Waals surface area contributed by atoms with Crippen LogP contribution in [0.25, 0.3) is 0 Å². The molecule has 0 atom stereocenters. The normalized spacial score (nSPS) is 10.8. The number of rotatable bonds is 8. The summed E-state index contributed by atoms with van der Waals surface area (Å²) in [6.07, 6.45) is 5.11. The number of nitrogens with one attached hydrogen (secondary N) is 1. The first-order valence-corrected chi connectivity index (χ1v) is 8.06. The number of carbonyl (C=O) groups excluding carboxylic acids is 1. The maximum atomic E-state index is 13.0. The van der Waals surface area contributed by atoms with Crippen molar-refractivity contribution in [2.75, 3.05) is 11.9 Å². The molecule has 2 aromatic carbocycles. The standard InChI is InChI=1S/C20H22FNO2/c1-3-4-13-24-18-8-5-16(6-9-18)20(23)11-12-22-19-10-7-17(21)14-15(19)2/h5-12,14,22H,3-4,13H2,1-2H3/b12-11+. The van der Waals surface area contributed by atoms with Gasteiger partial charge in [0, 0.05) is 23.5 Å². The van der Waals surface area contributed by atoms with E-state index >= 15 is 0 Å². The fraction of sp³-hybridized carbons (Fsp3) is 0.250. The fourth-order valence-electron chi connectivity index (χ4n) is 2.14. The zero-order valence-electron chi connectivity index (χ0n) is 14.0. The summed E-state index contributed by atoms with van der Waals surface area (Å²) in [5, 5.41) is 2.99. The summed E-state index contributed by atoms with van der Waals surface area (Å²) in [6, 6.07) is 11.6. The van der Waals surface area contributed by atoms with Gasteiger partial charge in [-0.05, 0) is 61.4 Å². The van der Waals surface area contributed by atoms with Crippen molar-refractivity contribution < 1.29 is 13.9 Å². The molecule has 0 aliphatic heterocycles. The van der Waals surface area contributed by atoms with Crippen molar-refractivity contribution in [1.82, 2.24) is 0 Å². The highest BCUT2D eigenvalue weighted by atomic mass is 19.1. The molecule has 1 N–H and O–H groups in total. The highest BCUT2D eigenvalue weighted by Gasteiger charge is 2.03.